The number of amides is 1. The number of nitrogens with zero attached hydrogens (tertiary/aromatic N) is 1. The van der Waals surface area contributed by atoms with E-state index in [1.54, 1.807) is 20.8 Å². The van der Waals surface area contributed by atoms with E-state index >= 15 is 0 Å². The molecule has 1 unspecified atom stereocenters. The Morgan fingerprint density at radius 3 is 2.46 bits per heavy atom. The van der Waals surface area contributed by atoms with Gasteiger partial charge in [0.05, 0.1) is 4.92 Å². The minimum Gasteiger partial charge on any atom is -0.500 e. The average Bonchev–Trinajstić information content (AvgIpc) is 2.39. The smallest absolute Gasteiger partial charge is 0.408 e. The molecule has 132 valence electrons. The Labute approximate surface area is 136 Å². The van der Waals surface area contributed by atoms with Gasteiger partial charge in [-0.15, -0.1) is 0 Å². The number of aliphatic carboxylic acids is 1. The molecule has 0 saturated carbocycles. The lowest BCUT2D eigenvalue weighted by atomic mass is 10.0. The highest BCUT2D eigenvalue weighted by Crippen LogP contribution is 2.30. The maximum absolute atomic E-state index is 13.5. The van der Waals surface area contributed by atoms with Crippen LogP contribution in [0.15, 0.2) is 12.1 Å². The van der Waals surface area contributed by atoms with Gasteiger partial charge < -0.3 is 20.3 Å². The first kappa shape index (κ1) is 19.1. The monoisotopic (exact) mass is 344 g/mol. The van der Waals surface area contributed by atoms with Crippen molar-refractivity contribution < 1.29 is 33.9 Å². The van der Waals surface area contributed by atoms with Crippen molar-refractivity contribution in [2.24, 2.45) is 0 Å². The number of ether oxygens (including phenoxy) is 1. The number of benzene rings is 1. The zero-order valence-corrected chi connectivity index (χ0v) is 13.2. The predicted octanol–water partition coefficient (Wildman–Crippen LogP) is 1.96. The van der Waals surface area contributed by atoms with Crippen molar-refractivity contribution in [2.75, 3.05) is 0 Å². The first-order valence-corrected chi connectivity index (χ1v) is 6.79. The van der Waals surface area contributed by atoms with Gasteiger partial charge in [0.2, 0.25) is 5.75 Å². The summed E-state index contributed by atoms with van der Waals surface area (Å²) in [5, 5.41) is 31.3. The summed E-state index contributed by atoms with van der Waals surface area (Å²) in [6.07, 6.45) is -1.43. The van der Waals surface area contributed by atoms with Gasteiger partial charge in [0.25, 0.3) is 0 Å². The number of alkyl carbamates (subject to hydrolysis) is 1. The fourth-order valence-electron chi connectivity index (χ4n) is 1.78. The van der Waals surface area contributed by atoms with Crippen LogP contribution >= 0.6 is 0 Å². The van der Waals surface area contributed by atoms with Crippen LogP contribution in [0.25, 0.3) is 0 Å². The molecule has 0 aliphatic rings. The van der Waals surface area contributed by atoms with Crippen LogP contribution in [0, 0.1) is 15.9 Å². The molecule has 1 aromatic carbocycles. The molecule has 9 nitrogen and oxygen atoms in total. The van der Waals surface area contributed by atoms with Crippen LogP contribution in [0.1, 0.15) is 26.3 Å². The van der Waals surface area contributed by atoms with Crippen molar-refractivity contribution in [2.45, 2.75) is 38.8 Å². The number of aromatic hydroxyl groups is 1. The summed E-state index contributed by atoms with van der Waals surface area (Å²) in [5.74, 6) is -3.84. The normalized spacial score (nSPS) is 12.3. The molecule has 1 rings (SSSR count). The van der Waals surface area contributed by atoms with Crippen LogP contribution in [-0.2, 0) is 16.0 Å². The van der Waals surface area contributed by atoms with E-state index in [1.165, 1.54) is 0 Å². The Hall–Kier alpha value is -2.91. The van der Waals surface area contributed by atoms with Crippen molar-refractivity contribution in [3.8, 4) is 5.75 Å². The summed E-state index contributed by atoms with van der Waals surface area (Å²) in [5.41, 5.74) is -1.83. The number of hydrogen-bond donors (Lipinski definition) is 3. The van der Waals surface area contributed by atoms with E-state index in [4.69, 9.17) is 9.84 Å². The molecule has 0 fully saturated rings. The zero-order chi connectivity index (χ0) is 18.7. The Morgan fingerprint density at radius 1 is 1.42 bits per heavy atom. The summed E-state index contributed by atoms with van der Waals surface area (Å²) in [6.45, 7) is 4.75. The summed E-state index contributed by atoms with van der Waals surface area (Å²) in [7, 11) is 0. The molecule has 3 N–H and O–H groups in total. The van der Waals surface area contributed by atoms with Crippen molar-refractivity contribution in [3.63, 3.8) is 0 Å². The number of phenols is 1. The van der Waals surface area contributed by atoms with Crippen LogP contribution in [-0.4, -0.2) is 38.8 Å². The summed E-state index contributed by atoms with van der Waals surface area (Å²) >= 11 is 0. The van der Waals surface area contributed by atoms with Crippen molar-refractivity contribution in [3.05, 3.63) is 33.6 Å². The lowest BCUT2D eigenvalue weighted by Gasteiger charge is -2.22. The number of nitro groups is 1. The van der Waals surface area contributed by atoms with E-state index in [-0.39, 0.29) is 5.56 Å². The Morgan fingerprint density at radius 2 is 2.00 bits per heavy atom. The molecule has 0 bridgehead atoms. The highest BCUT2D eigenvalue weighted by Gasteiger charge is 2.26. The highest BCUT2D eigenvalue weighted by atomic mass is 19.1. The highest BCUT2D eigenvalue weighted by molar-refractivity contribution is 5.80. The molecule has 0 aromatic heterocycles. The number of rotatable bonds is 5. The fraction of sp³-hybridized carbons (Fsp3) is 0.429. The van der Waals surface area contributed by atoms with Crippen molar-refractivity contribution in [1.29, 1.82) is 0 Å². The molecule has 0 radical (unpaired) electrons. The average molecular weight is 344 g/mol. The van der Waals surface area contributed by atoms with Gasteiger partial charge in [-0.25, -0.2) is 14.0 Å². The lowest BCUT2D eigenvalue weighted by molar-refractivity contribution is -0.386. The van der Waals surface area contributed by atoms with Gasteiger partial charge in [-0.05, 0) is 32.4 Å². The molecule has 0 aliphatic heterocycles. The quantitative estimate of drug-likeness (QED) is 0.548. The molecule has 0 heterocycles. The largest absolute Gasteiger partial charge is 0.500 e. The minimum atomic E-state index is -1.50. The second-order valence-electron chi connectivity index (χ2n) is 5.94. The van der Waals surface area contributed by atoms with Gasteiger partial charge in [-0.1, -0.05) is 0 Å². The van der Waals surface area contributed by atoms with E-state index in [9.17, 15) is 29.2 Å². The predicted molar refractivity (Wildman–Crippen MR) is 79.2 cm³/mol. The van der Waals surface area contributed by atoms with Gasteiger partial charge in [0.1, 0.15) is 11.6 Å². The molecule has 10 heteroatoms. The van der Waals surface area contributed by atoms with Gasteiger partial charge in [-0.3, -0.25) is 10.1 Å². The fourth-order valence-corrected chi connectivity index (χ4v) is 1.78. The van der Waals surface area contributed by atoms with Crippen LogP contribution < -0.4 is 5.32 Å². The SMILES string of the molecule is CC(C)(C)OC(=O)NC(Cc1cc(F)c(O)c([N+](=O)[O-])c1)C(=O)O. The number of halogens is 1. The Balaban J connectivity index is 3.00. The van der Waals surface area contributed by atoms with E-state index < -0.39 is 52.3 Å². The van der Waals surface area contributed by atoms with E-state index in [0.717, 1.165) is 12.1 Å². The number of nitro benzene ring substituents is 1. The van der Waals surface area contributed by atoms with Gasteiger partial charge in [0, 0.05) is 12.5 Å². The maximum atomic E-state index is 13.5. The van der Waals surface area contributed by atoms with Crippen molar-refractivity contribution in [1.82, 2.24) is 5.32 Å². The van der Waals surface area contributed by atoms with E-state index in [2.05, 4.69) is 5.32 Å². The first-order chi connectivity index (χ1) is 10.9. The number of carboxylic acids is 1. The number of hydrogen-bond acceptors (Lipinski definition) is 6. The number of nitrogens with one attached hydrogen (secondary N) is 1. The van der Waals surface area contributed by atoms with E-state index in [1.807, 2.05) is 0 Å². The van der Waals surface area contributed by atoms with Crippen LogP contribution in [0.4, 0.5) is 14.9 Å². The lowest BCUT2D eigenvalue weighted by Crippen LogP contribution is -2.44. The standard InChI is InChI=1S/C14H17FN2O7/c1-14(2,3)24-13(21)16-9(12(19)20)5-7-4-8(15)11(18)10(6-7)17(22)23/h4,6,9,18H,5H2,1-3H3,(H,16,21)(H,19,20). The molecule has 1 aromatic rings. The first-order valence-electron chi connectivity index (χ1n) is 6.79. The third kappa shape index (κ3) is 5.38. The minimum absolute atomic E-state index is 0.0829. The van der Waals surface area contributed by atoms with Crippen LogP contribution in [0.5, 0.6) is 5.75 Å². The summed E-state index contributed by atoms with van der Waals surface area (Å²) in [6, 6.07) is 0.101. The molecular weight excluding hydrogens is 327 g/mol. The Bertz CT molecular complexity index is 670. The number of carboxylic acid groups (broad SMARTS) is 1. The topological polar surface area (TPSA) is 139 Å². The van der Waals surface area contributed by atoms with Crippen LogP contribution in [0.3, 0.4) is 0 Å². The molecule has 0 aliphatic carbocycles. The summed E-state index contributed by atoms with van der Waals surface area (Å²) < 4.78 is 18.4. The van der Waals surface area contributed by atoms with Gasteiger partial charge >= 0.3 is 17.7 Å². The van der Waals surface area contributed by atoms with Crippen LogP contribution in [0.2, 0.25) is 0 Å². The Kier molecular flexibility index (Phi) is 5.67. The second-order valence-corrected chi connectivity index (χ2v) is 5.94. The van der Waals surface area contributed by atoms with Crippen molar-refractivity contribution >= 4 is 17.7 Å². The maximum Gasteiger partial charge on any atom is 0.408 e. The number of phenolic OH excluding ortho intramolecular Hbond substituents is 1. The molecule has 24 heavy (non-hydrogen) atoms. The zero-order valence-electron chi connectivity index (χ0n) is 13.2. The third-order valence-corrected chi connectivity index (χ3v) is 2.73. The number of carbonyl (C=O) groups excluding carboxylic acids is 1. The number of carbonyl (C=O) groups is 2. The molecule has 0 saturated heterocycles. The molecule has 1 amide bonds. The molecular formula is C14H17FN2O7. The van der Waals surface area contributed by atoms with E-state index in [0.29, 0.717) is 0 Å². The summed E-state index contributed by atoms with van der Waals surface area (Å²) in [4.78, 5) is 32.6. The molecule has 1 atom stereocenters. The second kappa shape index (κ2) is 7.11. The molecule has 0 spiro atoms. The van der Waals surface area contributed by atoms with Gasteiger partial charge in [0.15, 0.2) is 5.82 Å². The third-order valence-electron chi connectivity index (χ3n) is 2.73. The van der Waals surface area contributed by atoms with Gasteiger partial charge in [-0.2, -0.15) is 0 Å².